The normalized spacial score (nSPS) is 10.8. The van der Waals surface area contributed by atoms with E-state index in [1.807, 2.05) is 30.3 Å². The SMILES string of the molecule is CN(Cc1ccc(C(N)=O)cc1)Cc1ccccc1Br. The number of primary amides is 1. The van der Waals surface area contributed by atoms with Crippen molar-refractivity contribution in [3.05, 3.63) is 69.7 Å². The second kappa shape index (κ2) is 6.68. The van der Waals surface area contributed by atoms with Gasteiger partial charge in [0.1, 0.15) is 0 Å². The quantitative estimate of drug-likeness (QED) is 0.913. The van der Waals surface area contributed by atoms with Crippen molar-refractivity contribution in [3.8, 4) is 0 Å². The largest absolute Gasteiger partial charge is 0.366 e. The molecule has 0 radical (unpaired) electrons. The van der Waals surface area contributed by atoms with Crippen molar-refractivity contribution in [2.75, 3.05) is 7.05 Å². The number of halogens is 1. The van der Waals surface area contributed by atoms with Gasteiger partial charge < -0.3 is 5.73 Å². The van der Waals surface area contributed by atoms with Crippen molar-refractivity contribution in [2.45, 2.75) is 13.1 Å². The summed E-state index contributed by atoms with van der Waals surface area (Å²) in [6.45, 7) is 1.68. The number of benzene rings is 2. The van der Waals surface area contributed by atoms with Gasteiger partial charge >= 0.3 is 0 Å². The highest BCUT2D eigenvalue weighted by atomic mass is 79.9. The molecule has 104 valence electrons. The van der Waals surface area contributed by atoms with Crippen LogP contribution in [0.25, 0.3) is 0 Å². The zero-order valence-electron chi connectivity index (χ0n) is 11.3. The molecule has 2 N–H and O–H groups in total. The lowest BCUT2D eigenvalue weighted by Gasteiger charge is -2.17. The Labute approximate surface area is 127 Å². The van der Waals surface area contributed by atoms with Crippen LogP contribution >= 0.6 is 15.9 Å². The highest BCUT2D eigenvalue weighted by Crippen LogP contribution is 2.18. The molecule has 0 spiro atoms. The maximum Gasteiger partial charge on any atom is 0.248 e. The highest BCUT2D eigenvalue weighted by molar-refractivity contribution is 9.10. The van der Waals surface area contributed by atoms with Crippen LogP contribution in [0.2, 0.25) is 0 Å². The second-order valence-corrected chi connectivity index (χ2v) is 5.68. The number of nitrogens with zero attached hydrogens (tertiary/aromatic N) is 1. The lowest BCUT2D eigenvalue weighted by Crippen LogP contribution is -2.17. The molecule has 2 aromatic carbocycles. The zero-order valence-corrected chi connectivity index (χ0v) is 12.9. The molecular formula is C16H17BrN2O. The third-order valence-corrected chi connectivity index (χ3v) is 3.86. The van der Waals surface area contributed by atoms with Gasteiger partial charge in [0.05, 0.1) is 0 Å². The maximum absolute atomic E-state index is 11.0. The molecule has 0 aliphatic carbocycles. The van der Waals surface area contributed by atoms with Crippen molar-refractivity contribution < 1.29 is 4.79 Å². The molecule has 0 heterocycles. The van der Waals surface area contributed by atoms with Gasteiger partial charge in [-0.15, -0.1) is 0 Å². The lowest BCUT2D eigenvalue weighted by atomic mass is 10.1. The number of amides is 1. The Hall–Kier alpha value is -1.65. The molecule has 2 aromatic rings. The van der Waals surface area contributed by atoms with Gasteiger partial charge in [0, 0.05) is 23.1 Å². The fraction of sp³-hybridized carbons (Fsp3) is 0.188. The molecule has 0 fully saturated rings. The van der Waals surface area contributed by atoms with Crippen molar-refractivity contribution >= 4 is 21.8 Å². The van der Waals surface area contributed by atoms with Gasteiger partial charge in [-0.25, -0.2) is 0 Å². The summed E-state index contributed by atoms with van der Waals surface area (Å²) >= 11 is 3.56. The van der Waals surface area contributed by atoms with E-state index >= 15 is 0 Å². The van der Waals surface area contributed by atoms with Crippen LogP contribution in [-0.4, -0.2) is 17.9 Å². The molecule has 1 amide bonds. The second-order valence-electron chi connectivity index (χ2n) is 4.82. The maximum atomic E-state index is 11.0. The first-order chi connectivity index (χ1) is 9.56. The summed E-state index contributed by atoms with van der Waals surface area (Å²) in [4.78, 5) is 13.2. The van der Waals surface area contributed by atoms with E-state index < -0.39 is 5.91 Å². The number of nitrogens with two attached hydrogens (primary N) is 1. The number of hydrogen-bond acceptors (Lipinski definition) is 2. The molecule has 3 nitrogen and oxygen atoms in total. The van der Waals surface area contributed by atoms with Gasteiger partial charge in [0.15, 0.2) is 0 Å². The fourth-order valence-corrected chi connectivity index (χ4v) is 2.47. The minimum atomic E-state index is -0.391. The topological polar surface area (TPSA) is 46.3 Å². The molecule has 0 bridgehead atoms. The molecule has 0 aliphatic heterocycles. The average Bonchev–Trinajstić information content (AvgIpc) is 2.42. The van der Waals surface area contributed by atoms with Crippen molar-refractivity contribution in [1.29, 1.82) is 0 Å². The summed E-state index contributed by atoms with van der Waals surface area (Å²) in [6, 6.07) is 15.6. The van der Waals surface area contributed by atoms with Crippen molar-refractivity contribution in [2.24, 2.45) is 5.73 Å². The van der Waals surface area contributed by atoms with Crippen molar-refractivity contribution in [1.82, 2.24) is 4.90 Å². The van der Waals surface area contributed by atoms with E-state index in [1.54, 1.807) is 12.1 Å². The highest BCUT2D eigenvalue weighted by Gasteiger charge is 2.05. The zero-order chi connectivity index (χ0) is 14.5. The Balaban J connectivity index is 1.99. The van der Waals surface area contributed by atoms with Gasteiger partial charge in [0.2, 0.25) is 5.91 Å². The van der Waals surface area contributed by atoms with Crippen LogP contribution in [0.3, 0.4) is 0 Å². The predicted molar refractivity (Wildman–Crippen MR) is 84.3 cm³/mol. The van der Waals surface area contributed by atoms with Crippen LogP contribution in [0.15, 0.2) is 53.0 Å². The third-order valence-electron chi connectivity index (χ3n) is 3.09. The minimum Gasteiger partial charge on any atom is -0.366 e. The summed E-state index contributed by atoms with van der Waals surface area (Å²) in [5.41, 5.74) is 8.18. The Bertz CT molecular complexity index is 596. The number of rotatable bonds is 5. The van der Waals surface area contributed by atoms with E-state index in [4.69, 9.17) is 5.73 Å². The summed E-state index contributed by atoms with van der Waals surface area (Å²) < 4.78 is 1.12. The monoisotopic (exact) mass is 332 g/mol. The molecule has 0 aliphatic rings. The van der Waals surface area contributed by atoms with Crippen molar-refractivity contribution in [3.63, 3.8) is 0 Å². The molecule has 0 atom stereocenters. The van der Waals surface area contributed by atoms with Gasteiger partial charge in [-0.05, 0) is 36.4 Å². The smallest absolute Gasteiger partial charge is 0.248 e. The summed E-state index contributed by atoms with van der Waals surface area (Å²) in [5.74, 6) is -0.391. The summed E-state index contributed by atoms with van der Waals surface area (Å²) in [6.07, 6.45) is 0. The lowest BCUT2D eigenvalue weighted by molar-refractivity contribution is 0.100. The fourth-order valence-electron chi connectivity index (χ4n) is 2.06. The van der Waals surface area contributed by atoms with Gasteiger partial charge in [0.25, 0.3) is 0 Å². The molecule has 0 saturated carbocycles. The first-order valence-electron chi connectivity index (χ1n) is 6.37. The molecular weight excluding hydrogens is 316 g/mol. The Kier molecular flexibility index (Phi) is 4.93. The third kappa shape index (κ3) is 3.92. The number of hydrogen-bond donors (Lipinski definition) is 1. The Morgan fingerprint density at radius 3 is 2.35 bits per heavy atom. The van der Waals surface area contributed by atoms with E-state index in [9.17, 15) is 4.79 Å². The first-order valence-corrected chi connectivity index (χ1v) is 7.16. The average molecular weight is 333 g/mol. The van der Waals surface area contributed by atoms with Crippen LogP contribution in [0.5, 0.6) is 0 Å². The molecule has 0 aromatic heterocycles. The van der Waals surface area contributed by atoms with Crippen LogP contribution in [-0.2, 0) is 13.1 Å². The van der Waals surface area contributed by atoms with Gasteiger partial charge in [-0.2, -0.15) is 0 Å². The Morgan fingerprint density at radius 2 is 1.75 bits per heavy atom. The predicted octanol–water partition coefficient (Wildman–Crippen LogP) is 3.18. The van der Waals surface area contributed by atoms with Crippen LogP contribution in [0.1, 0.15) is 21.5 Å². The van der Waals surface area contributed by atoms with Crippen LogP contribution in [0, 0.1) is 0 Å². The summed E-state index contributed by atoms with van der Waals surface area (Å²) in [5, 5.41) is 0. The molecule has 20 heavy (non-hydrogen) atoms. The van der Waals surface area contributed by atoms with Gasteiger partial charge in [-0.3, -0.25) is 9.69 Å². The van der Waals surface area contributed by atoms with Crippen LogP contribution in [0.4, 0.5) is 0 Å². The molecule has 0 unspecified atom stereocenters. The minimum absolute atomic E-state index is 0.391. The van der Waals surface area contributed by atoms with Crippen LogP contribution < -0.4 is 5.73 Å². The van der Waals surface area contributed by atoms with E-state index in [1.165, 1.54) is 5.56 Å². The number of carbonyl (C=O) groups excluding carboxylic acids is 1. The van der Waals surface area contributed by atoms with E-state index in [0.29, 0.717) is 5.56 Å². The molecule has 0 saturated heterocycles. The van der Waals surface area contributed by atoms with E-state index in [-0.39, 0.29) is 0 Å². The summed E-state index contributed by atoms with van der Waals surface area (Å²) in [7, 11) is 2.07. The standard InChI is InChI=1S/C16H17BrN2O/c1-19(11-14-4-2-3-5-15(14)17)10-12-6-8-13(9-7-12)16(18)20/h2-9H,10-11H2,1H3,(H2,18,20). The van der Waals surface area contributed by atoms with Gasteiger partial charge in [-0.1, -0.05) is 46.3 Å². The van der Waals surface area contributed by atoms with E-state index in [2.05, 4.69) is 33.9 Å². The molecule has 4 heteroatoms. The molecule has 2 rings (SSSR count). The Morgan fingerprint density at radius 1 is 1.10 bits per heavy atom. The number of carbonyl (C=O) groups is 1. The first kappa shape index (κ1) is 14.8. The van der Waals surface area contributed by atoms with E-state index in [0.717, 1.165) is 23.1 Å².